The van der Waals surface area contributed by atoms with Gasteiger partial charge in [0.05, 0.1) is 0 Å². The zero-order chi connectivity index (χ0) is 10.8. The molecular formula is C15H19N. The van der Waals surface area contributed by atoms with E-state index in [0.29, 0.717) is 0 Å². The summed E-state index contributed by atoms with van der Waals surface area (Å²) in [4.78, 5) is 0. The molecule has 84 valence electrons. The van der Waals surface area contributed by atoms with Crippen LogP contribution in [0.15, 0.2) is 36.5 Å². The van der Waals surface area contributed by atoms with Crippen LogP contribution in [0.3, 0.4) is 0 Å². The fourth-order valence-electron chi connectivity index (χ4n) is 2.95. The molecule has 0 unspecified atom stereocenters. The van der Waals surface area contributed by atoms with Crippen molar-refractivity contribution in [3.63, 3.8) is 0 Å². The van der Waals surface area contributed by atoms with Gasteiger partial charge in [-0.2, -0.15) is 0 Å². The molecule has 3 rings (SSSR count). The van der Waals surface area contributed by atoms with E-state index in [4.69, 9.17) is 0 Å². The van der Waals surface area contributed by atoms with Crippen molar-refractivity contribution in [2.45, 2.75) is 38.6 Å². The van der Waals surface area contributed by atoms with Crippen LogP contribution < -0.4 is 0 Å². The van der Waals surface area contributed by atoms with Gasteiger partial charge in [-0.1, -0.05) is 37.5 Å². The molecule has 0 radical (unpaired) electrons. The molecule has 1 aliphatic rings. The van der Waals surface area contributed by atoms with Crippen molar-refractivity contribution in [1.29, 1.82) is 0 Å². The minimum atomic E-state index is 0.907. The zero-order valence-corrected chi connectivity index (χ0v) is 9.73. The van der Waals surface area contributed by atoms with E-state index in [1.807, 2.05) is 0 Å². The number of rotatable bonds is 2. The van der Waals surface area contributed by atoms with Crippen molar-refractivity contribution in [1.82, 2.24) is 4.57 Å². The zero-order valence-electron chi connectivity index (χ0n) is 9.73. The maximum Gasteiger partial charge on any atom is 0.0480 e. The van der Waals surface area contributed by atoms with Gasteiger partial charge in [0, 0.05) is 18.3 Å². The van der Waals surface area contributed by atoms with Gasteiger partial charge in [0.1, 0.15) is 0 Å². The van der Waals surface area contributed by atoms with Gasteiger partial charge in [-0.15, -0.1) is 0 Å². The summed E-state index contributed by atoms with van der Waals surface area (Å²) < 4.78 is 2.44. The molecule has 1 saturated carbocycles. The molecule has 1 heterocycles. The van der Waals surface area contributed by atoms with Crippen molar-refractivity contribution in [2.75, 3.05) is 0 Å². The second-order valence-corrected chi connectivity index (χ2v) is 5.03. The summed E-state index contributed by atoms with van der Waals surface area (Å²) >= 11 is 0. The quantitative estimate of drug-likeness (QED) is 0.704. The number of aromatic nitrogens is 1. The van der Waals surface area contributed by atoms with Gasteiger partial charge in [-0.3, -0.25) is 0 Å². The Morgan fingerprint density at radius 1 is 1.00 bits per heavy atom. The average Bonchev–Trinajstić information content (AvgIpc) is 2.74. The van der Waals surface area contributed by atoms with Crippen molar-refractivity contribution in [3.8, 4) is 0 Å². The predicted octanol–water partition coefficient (Wildman–Crippen LogP) is 4.22. The molecule has 0 saturated heterocycles. The summed E-state index contributed by atoms with van der Waals surface area (Å²) in [5.41, 5.74) is 1.40. The van der Waals surface area contributed by atoms with E-state index in [1.165, 1.54) is 49.6 Å². The van der Waals surface area contributed by atoms with Crippen LogP contribution in [0.5, 0.6) is 0 Å². The molecule has 1 nitrogen and oxygen atoms in total. The Kier molecular flexibility index (Phi) is 2.69. The highest BCUT2D eigenvalue weighted by atomic mass is 15.0. The maximum absolute atomic E-state index is 2.44. The lowest BCUT2D eigenvalue weighted by atomic mass is 9.89. The summed E-state index contributed by atoms with van der Waals surface area (Å²) in [6, 6.07) is 10.9. The highest BCUT2D eigenvalue weighted by Gasteiger charge is 2.14. The van der Waals surface area contributed by atoms with Crippen LogP contribution in [0.4, 0.5) is 0 Å². The molecule has 0 N–H and O–H groups in total. The third kappa shape index (κ3) is 1.87. The summed E-state index contributed by atoms with van der Waals surface area (Å²) in [7, 11) is 0. The Balaban J connectivity index is 1.83. The molecule has 2 aromatic rings. The third-order valence-electron chi connectivity index (χ3n) is 3.86. The van der Waals surface area contributed by atoms with Crippen molar-refractivity contribution in [2.24, 2.45) is 5.92 Å². The van der Waals surface area contributed by atoms with E-state index in [-0.39, 0.29) is 0 Å². The van der Waals surface area contributed by atoms with Crippen LogP contribution >= 0.6 is 0 Å². The van der Waals surface area contributed by atoms with E-state index in [9.17, 15) is 0 Å². The third-order valence-corrected chi connectivity index (χ3v) is 3.86. The summed E-state index contributed by atoms with van der Waals surface area (Å²) in [6.07, 6.45) is 9.41. The number of benzene rings is 1. The number of hydrogen-bond donors (Lipinski definition) is 0. The molecule has 0 atom stereocenters. The van der Waals surface area contributed by atoms with Gasteiger partial charge in [0.15, 0.2) is 0 Å². The Bertz CT molecular complexity index is 463. The molecule has 0 amide bonds. The first-order valence-electron chi connectivity index (χ1n) is 6.47. The van der Waals surface area contributed by atoms with Crippen LogP contribution in [0, 0.1) is 5.92 Å². The van der Waals surface area contributed by atoms with Gasteiger partial charge >= 0.3 is 0 Å². The van der Waals surface area contributed by atoms with E-state index in [2.05, 4.69) is 41.1 Å². The Labute approximate surface area is 97.1 Å². The molecule has 1 aromatic heterocycles. The van der Waals surface area contributed by atoms with Crippen molar-refractivity contribution >= 4 is 10.9 Å². The average molecular weight is 213 g/mol. The molecule has 1 aromatic carbocycles. The second-order valence-electron chi connectivity index (χ2n) is 5.03. The van der Waals surface area contributed by atoms with Gasteiger partial charge in [0.25, 0.3) is 0 Å². The SMILES string of the molecule is c1ccc2c(c1)ccn2CC1CCCCC1. The molecule has 0 bridgehead atoms. The highest BCUT2D eigenvalue weighted by Crippen LogP contribution is 2.26. The molecule has 1 heteroatoms. The smallest absolute Gasteiger partial charge is 0.0480 e. The van der Waals surface area contributed by atoms with Crippen LogP contribution in [0.25, 0.3) is 10.9 Å². The lowest BCUT2D eigenvalue weighted by Gasteiger charge is -2.22. The Morgan fingerprint density at radius 3 is 2.69 bits per heavy atom. The van der Waals surface area contributed by atoms with E-state index < -0.39 is 0 Å². The van der Waals surface area contributed by atoms with Gasteiger partial charge in [-0.25, -0.2) is 0 Å². The van der Waals surface area contributed by atoms with Crippen LogP contribution in [-0.2, 0) is 6.54 Å². The van der Waals surface area contributed by atoms with Gasteiger partial charge in [0.2, 0.25) is 0 Å². The molecule has 0 spiro atoms. The number of fused-ring (bicyclic) bond motifs is 1. The standard InChI is InChI=1S/C15H19N/c1-2-6-13(7-3-1)12-16-11-10-14-8-4-5-9-15(14)16/h4-5,8-11,13H,1-3,6-7,12H2. The molecule has 16 heavy (non-hydrogen) atoms. The number of para-hydroxylation sites is 1. The summed E-state index contributed by atoms with van der Waals surface area (Å²) in [6.45, 7) is 1.22. The predicted molar refractivity (Wildman–Crippen MR) is 68.5 cm³/mol. The van der Waals surface area contributed by atoms with E-state index in [1.54, 1.807) is 0 Å². The van der Waals surface area contributed by atoms with E-state index in [0.717, 1.165) is 5.92 Å². The number of hydrogen-bond acceptors (Lipinski definition) is 0. The molecule has 1 aliphatic carbocycles. The molecular weight excluding hydrogens is 194 g/mol. The van der Waals surface area contributed by atoms with Crippen molar-refractivity contribution < 1.29 is 0 Å². The Morgan fingerprint density at radius 2 is 1.81 bits per heavy atom. The Hall–Kier alpha value is -1.24. The fraction of sp³-hybridized carbons (Fsp3) is 0.467. The first kappa shape index (κ1) is 9.95. The largest absolute Gasteiger partial charge is 0.347 e. The minimum absolute atomic E-state index is 0.907. The fourth-order valence-corrected chi connectivity index (χ4v) is 2.95. The molecule has 1 fully saturated rings. The monoisotopic (exact) mass is 213 g/mol. The van der Waals surface area contributed by atoms with Crippen LogP contribution in [0.1, 0.15) is 32.1 Å². The van der Waals surface area contributed by atoms with Crippen LogP contribution in [0.2, 0.25) is 0 Å². The van der Waals surface area contributed by atoms with Crippen molar-refractivity contribution in [3.05, 3.63) is 36.5 Å². The summed E-state index contributed by atoms with van der Waals surface area (Å²) in [5.74, 6) is 0.907. The normalized spacial score (nSPS) is 18.0. The lowest BCUT2D eigenvalue weighted by molar-refractivity contribution is 0.322. The topological polar surface area (TPSA) is 4.93 Å². The first-order chi connectivity index (χ1) is 7.93. The highest BCUT2D eigenvalue weighted by molar-refractivity contribution is 5.79. The van der Waals surface area contributed by atoms with Crippen LogP contribution in [-0.4, -0.2) is 4.57 Å². The van der Waals surface area contributed by atoms with E-state index >= 15 is 0 Å². The summed E-state index contributed by atoms with van der Waals surface area (Å²) in [5, 5.41) is 1.37. The minimum Gasteiger partial charge on any atom is -0.347 e. The van der Waals surface area contributed by atoms with Gasteiger partial charge in [-0.05, 0) is 36.3 Å². The van der Waals surface area contributed by atoms with Gasteiger partial charge < -0.3 is 4.57 Å². The maximum atomic E-state index is 2.44. The second kappa shape index (κ2) is 4.32. The first-order valence-corrected chi connectivity index (χ1v) is 6.47. The lowest BCUT2D eigenvalue weighted by Crippen LogP contribution is -2.13. The molecule has 0 aliphatic heterocycles. The number of nitrogens with zero attached hydrogens (tertiary/aromatic N) is 1.